The van der Waals surface area contributed by atoms with Crippen molar-refractivity contribution in [1.82, 2.24) is 15.5 Å². The molecule has 2 aromatic carbocycles. The number of rotatable bonds is 7. The highest BCUT2D eigenvalue weighted by atomic mass is 16.2. The molecule has 0 atom stereocenters. The molecule has 1 fully saturated rings. The van der Waals surface area contributed by atoms with Crippen LogP contribution >= 0.6 is 0 Å². The molecule has 30 heavy (non-hydrogen) atoms. The topological polar surface area (TPSA) is 68.8 Å². The number of hydrogen-bond donors (Lipinski definition) is 3. The number of amides is 2. The van der Waals surface area contributed by atoms with E-state index in [-0.39, 0.29) is 6.03 Å². The van der Waals surface area contributed by atoms with Crippen molar-refractivity contribution < 1.29 is 4.79 Å². The fourth-order valence-electron chi connectivity index (χ4n) is 3.64. The van der Waals surface area contributed by atoms with Crippen LogP contribution in [0.2, 0.25) is 0 Å². The first kappa shape index (κ1) is 21.7. The van der Waals surface area contributed by atoms with Crippen LogP contribution in [0.15, 0.2) is 53.5 Å². The monoisotopic (exact) mass is 407 g/mol. The first-order chi connectivity index (χ1) is 14.7. The number of guanidine groups is 1. The van der Waals surface area contributed by atoms with Gasteiger partial charge in [0.15, 0.2) is 5.96 Å². The third-order valence-electron chi connectivity index (χ3n) is 5.28. The van der Waals surface area contributed by atoms with Crippen LogP contribution in [-0.4, -0.2) is 36.5 Å². The van der Waals surface area contributed by atoms with E-state index < -0.39 is 0 Å². The largest absolute Gasteiger partial charge is 0.357 e. The molecule has 0 aromatic heterocycles. The number of anilines is 1. The van der Waals surface area contributed by atoms with Crippen LogP contribution in [-0.2, 0) is 19.5 Å². The minimum absolute atomic E-state index is 0.0160. The molecule has 6 heteroatoms. The standard InChI is InChI=1S/C24H33N5O/c1-3-20-11-5-6-12-21(20)18-27-23(25-4-2)26-17-19-10-9-13-22(16-19)28-24(30)29-14-7-8-15-29/h5-6,9-13,16H,3-4,7-8,14-15,17-18H2,1-2H3,(H,28,30)(H2,25,26,27). The smallest absolute Gasteiger partial charge is 0.321 e. The van der Waals surface area contributed by atoms with E-state index in [9.17, 15) is 4.79 Å². The highest BCUT2D eigenvalue weighted by Gasteiger charge is 2.17. The molecule has 160 valence electrons. The van der Waals surface area contributed by atoms with Crippen molar-refractivity contribution in [2.75, 3.05) is 25.0 Å². The lowest BCUT2D eigenvalue weighted by molar-refractivity contribution is 0.222. The van der Waals surface area contributed by atoms with Crippen LogP contribution in [0.5, 0.6) is 0 Å². The van der Waals surface area contributed by atoms with Crippen LogP contribution in [0.4, 0.5) is 10.5 Å². The van der Waals surface area contributed by atoms with Gasteiger partial charge in [0, 0.05) is 31.9 Å². The average molecular weight is 408 g/mol. The number of carbonyl (C=O) groups excluding carboxylic acids is 1. The number of nitrogens with one attached hydrogen (secondary N) is 3. The summed E-state index contributed by atoms with van der Waals surface area (Å²) in [5, 5.41) is 9.74. The summed E-state index contributed by atoms with van der Waals surface area (Å²) in [5.41, 5.74) is 4.51. The lowest BCUT2D eigenvalue weighted by Gasteiger charge is -2.16. The van der Waals surface area contributed by atoms with Crippen LogP contribution in [0.3, 0.4) is 0 Å². The summed E-state index contributed by atoms with van der Waals surface area (Å²) in [7, 11) is 0. The third-order valence-corrected chi connectivity index (χ3v) is 5.28. The number of carbonyl (C=O) groups is 1. The van der Waals surface area contributed by atoms with Crippen molar-refractivity contribution in [3.63, 3.8) is 0 Å². The minimum Gasteiger partial charge on any atom is -0.357 e. The third kappa shape index (κ3) is 6.24. The average Bonchev–Trinajstić information content (AvgIpc) is 3.31. The van der Waals surface area contributed by atoms with Gasteiger partial charge in [-0.1, -0.05) is 43.3 Å². The number of aryl methyl sites for hydroxylation is 1. The van der Waals surface area contributed by atoms with E-state index in [0.29, 0.717) is 6.54 Å². The van der Waals surface area contributed by atoms with E-state index in [2.05, 4.69) is 54.1 Å². The second-order valence-electron chi connectivity index (χ2n) is 7.50. The molecule has 3 N–H and O–H groups in total. The van der Waals surface area contributed by atoms with E-state index in [1.165, 1.54) is 11.1 Å². The van der Waals surface area contributed by atoms with Crippen LogP contribution < -0.4 is 16.0 Å². The van der Waals surface area contributed by atoms with Crippen molar-refractivity contribution in [2.45, 2.75) is 46.2 Å². The van der Waals surface area contributed by atoms with Gasteiger partial charge in [-0.3, -0.25) is 0 Å². The second-order valence-corrected chi connectivity index (χ2v) is 7.50. The Labute approximate surface area is 179 Å². The first-order valence-corrected chi connectivity index (χ1v) is 10.9. The van der Waals surface area contributed by atoms with E-state index in [1.807, 2.05) is 29.2 Å². The molecule has 0 unspecified atom stereocenters. The minimum atomic E-state index is -0.0160. The normalized spacial score (nSPS) is 13.9. The number of hydrogen-bond acceptors (Lipinski definition) is 2. The number of benzene rings is 2. The van der Waals surface area contributed by atoms with E-state index in [0.717, 1.165) is 62.7 Å². The van der Waals surface area contributed by atoms with E-state index in [4.69, 9.17) is 4.99 Å². The van der Waals surface area contributed by atoms with Crippen LogP contribution in [0.1, 0.15) is 43.4 Å². The van der Waals surface area contributed by atoms with Gasteiger partial charge in [-0.2, -0.15) is 0 Å². The summed E-state index contributed by atoms with van der Waals surface area (Å²) in [5.74, 6) is 0.787. The summed E-state index contributed by atoms with van der Waals surface area (Å²) in [4.78, 5) is 18.9. The molecular formula is C24H33N5O. The lowest BCUT2D eigenvalue weighted by atomic mass is 10.1. The van der Waals surface area contributed by atoms with Crippen molar-refractivity contribution in [1.29, 1.82) is 0 Å². The summed E-state index contributed by atoms with van der Waals surface area (Å²) >= 11 is 0. The number of urea groups is 1. The summed E-state index contributed by atoms with van der Waals surface area (Å²) in [6, 6.07) is 16.4. The zero-order valence-electron chi connectivity index (χ0n) is 18.1. The molecular weight excluding hydrogens is 374 g/mol. The number of aliphatic imine (C=N–C) groups is 1. The van der Waals surface area contributed by atoms with E-state index in [1.54, 1.807) is 0 Å². The number of likely N-dealkylation sites (tertiary alicyclic amines) is 1. The van der Waals surface area contributed by atoms with Gasteiger partial charge in [0.05, 0.1) is 6.54 Å². The summed E-state index contributed by atoms with van der Waals surface area (Å²) < 4.78 is 0. The molecule has 1 heterocycles. The van der Waals surface area contributed by atoms with Gasteiger partial charge in [-0.25, -0.2) is 9.79 Å². The molecule has 3 rings (SSSR count). The van der Waals surface area contributed by atoms with Crippen LogP contribution in [0, 0.1) is 0 Å². The Morgan fingerprint density at radius 2 is 1.77 bits per heavy atom. The Morgan fingerprint density at radius 3 is 2.50 bits per heavy atom. The molecule has 1 aliphatic heterocycles. The first-order valence-electron chi connectivity index (χ1n) is 10.9. The zero-order valence-corrected chi connectivity index (χ0v) is 18.1. The molecule has 0 bridgehead atoms. The Bertz CT molecular complexity index is 858. The SMILES string of the molecule is CCNC(=NCc1cccc(NC(=O)N2CCCC2)c1)NCc1ccccc1CC. The van der Waals surface area contributed by atoms with Gasteiger partial charge in [-0.05, 0) is 55.0 Å². The molecule has 0 radical (unpaired) electrons. The molecule has 0 saturated carbocycles. The van der Waals surface area contributed by atoms with Crippen molar-refractivity contribution in [3.8, 4) is 0 Å². The fourth-order valence-corrected chi connectivity index (χ4v) is 3.64. The molecule has 2 aromatic rings. The molecule has 0 aliphatic carbocycles. The Hall–Kier alpha value is -3.02. The van der Waals surface area contributed by atoms with Crippen molar-refractivity contribution in [3.05, 3.63) is 65.2 Å². The molecule has 2 amide bonds. The highest BCUT2D eigenvalue weighted by molar-refractivity contribution is 5.89. The van der Waals surface area contributed by atoms with Crippen LogP contribution in [0.25, 0.3) is 0 Å². The maximum absolute atomic E-state index is 12.3. The molecule has 0 spiro atoms. The second kappa shape index (κ2) is 11.2. The quantitative estimate of drug-likeness (QED) is 0.477. The van der Waals surface area contributed by atoms with Gasteiger partial charge in [0.2, 0.25) is 0 Å². The summed E-state index contributed by atoms with van der Waals surface area (Å²) in [6.07, 6.45) is 3.19. The van der Waals surface area contributed by atoms with Gasteiger partial charge in [-0.15, -0.1) is 0 Å². The molecule has 1 saturated heterocycles. The predicted molar refractivity (Wildman–Crippen MR) is 124 cm³/mol. The van der Waals surface area contributed by atoms with Crippen molar-refractivity contribution in [2.24, 2.45) is 4.99 Å². The number of nitrogens with zero attached hydrogens (tertiary/aromatic N) is 2. The van der Waals surface area contributed by atoms with Gasteiger partial charge < -0.3 is 20.9 Å². The van der Waals surface area contributed by atoms with Gasteiger partial charge in [0.25, 0.3) is 0 Å². The lowest BCUT2D eigenvalue weighted by Crippen LogP contribution is -2.37. The fraction of sp³-hybridized carbons (Fsp3) is 0.417. The predicted octanol–water partition coefficient (Wildman–Crippen LogP) is 4.13. The molecule has 1 aliphatic rings. The highest BCUT2D eigenvalue weighted by Crippen LogP contribution is 2.15. The van der Waals surface area contributed by atoms with Gasteiger partial charge >= 0.3 is 6.03 Å². The molecule has 6 nitrogen and oxygen atoms in total. The maximum Gasteiger partial charge on any atom is 0.321 e. The Balaban J connectivity index is 1.60. The Kier molecular flexibility index (Phi) is 8.12. The maximum atomic E-state index is 12.3. The van der Waals surface area contributed by atoms with Gasteiger partial charge in [0.1, 0.15) is 0 Å². The van der Waals surface area contributed by atoms with E-state index >= 15 is 0 Å². The zero-order chi connectivity index (χ0) is 21.2. The summed E-state index contributed by atoms with van der Waals surface area (Å²) in [6.45, 7) is 8.00. The van der Waals surface area contributed by atoms with Crippen molar-refractivity contribution >= 4 is 17.7 Å². The Morgan fingerprint density at radius 1 is 1.00 bits per heavy atom.